The topological polar surface area (TPSA) is 473 Å². The van der Waals surface area contributed by atoms with Crippen LogP contribution in [0.3, 0.4) is 0 Å². The molecule has 2 fully saturated rings. The maximum absolute atomic E-state index is 13.9. The third-order valence-corrected chi connectivity index (χ3v) is 11.5. The van der Waals surface area contributed by atoms with Gasteiger partial charge in [-0.1, -0.05) is 27.7 Å². The monoisotopic (exact) mass is 1010 g/mol. The lowest BCUT2D eigenvalue weighted by atomic mass is 10.0. The first-order valence-electron chi connectivity index (χ1n) is 23.0. The zero-order chi connectivity index (χ0) is 53.9. The molecule has 71 heavy (non-hydrogen) atoms. The molecular weight excluding hydrogens is 941 g/mol. The van der Waals surface area contributed by atoms with Crippen LogP contribution in [0.1, 0.15) is 86.0 Å². The Morgan fingerprint density at radius 1 is 0.606 bits per heavy atom. The van der Waals surface area contributed by atoms with Gasteiger partial charge in [-0.2, -0.15) is 0 Å². The number of aliphatic imine (C=N–C) groups is 1. The van der Waals surface area contributed by atoms with E-state index in [1.54, 1.807) is 27.7 Å². The lowest BCUT2D eigenvalue weighted by molar-refractivity contribution is -0.145. The molecule has 9 atom stereocenters. The number of guanidine groups is 1. The third-order valence-electron chi connectivity index (χ3n) is 11.5. The smallest absolute Gasteiger partial charge is 0.322 e. The zero-order valence-corrected chi connectivity index (χ0v) is 40.4. The summed E-state index contributed by atoms with van der Waals surface area (Å²) in [6, 6.07) is -12.2. The Bertz CT molecular complexity index is 2020. The van der Waals surface area contributed by atoms with Crippen LogP contribution in [0.15, 0.2) is 4.99 Å². The number of carbonyl (C=O) groups is 12. The Kier molecular flexibility index (Phi) is 24.1. The van der Waals surface area contributed by atoms with Crippen molar-refractivity contribution in [2.75, 3.05) is 32.8 Å². The van der Waals surface area contributed by atoms with Gasteiger partial charge in [0.25, 0.3) is 0 Å². The van der Waals surface area contributed by atoms with Gasteiger partial charge in [0.2, 0.25) is 59.1 Å². The first kappa shape index (κ1) is 60.0. The predicted octanol–water partition coefficient (Wildman–Crippen LogP) is -6.87. The Morgan fingerprint density at radius 3 is 1.55 bits per heavy atom. The van der Waals surface area contributed by atoms with Crippen LogP contribution in [0.5, 0.6) is 0 Å². The standard InChI is InChI=1S/C42H70N14O15/c1-19(2)31(53-34(64)22(43)15-28(44)58)40(70)55-13-7-10-26(55)38(68)50-23(9-6-12-47-42(45)46)36(66)49-21(5)33(63)52-25(18-57)37(67)54-32(20(3)4)41(71)56-14-8-11-27(56)39(69)51-24(16-29(59)60)35(65)48-17-30(61)62/h19-27,31-32,57H,6-18,43H2,1-5H3,(H2,44,58)(H,48,65)(H,49,66)(H,50,68)(H,51,69)(H,52,63)(H,53,64)(H,54,67)(H,59,60)(H,61,62)(H4,45,46,47)/t21-,22-,23-,24-,25-,26-,27-,31-,32-/m0/s1. The molecule has 2 saturated heterocycles. The van der Waals surface area contributed by atoms with Gasteiger partial charge in [0.1, 0.15) is 54.9 Å². The average Bonchev–Trinajstić information content (AvgIpc) is 3.99. The molecule has 2 heterocycles. The first-order valence-corrected chi connectivity index (χ1v) is 23.0. The van der Waals surface area contributed by atoms with Crippen LogP contribution in [0, 0.1) is 11.8 Å². The molecule has 18 N–H and O–H groups in total. The summed E-state index contributed by atoms with van der Waals surface area (Å²) < 4.78 is 0. The van der Waals surface area contributed by atoms with Crippen LogP contribution < -0.4 is 60.2 Å². The fraction of sp³-hybridized carbons (Fsp3) is 0.690. The summed E-state index contributed by atoms with van der Waals surface area (Å²) in [4.78, 5) is 161. The van der Waals surface area contributed by atoms with Crippen molar-refractivity contribution in [1.82, 2.24) is 47.0 Å². The summed E-state index contributed by atoms with van der Waals surface area (Å²) in [7, 11) is 0. The number of aliphatic carboxylic acids is 2. The number of rotatable bonds is 28. The molecule has 2 rings (SSSR count). The molecule has 10 amide bonds. The number of aliphatic hydroxyl groups is 1. The Labute approximate surface area is 409 Å². The van der Waals surface area contributed by atoms with Gasteiger partial charge in [0.15, 0.2) is 5.96 Å². The minimum absolute atomic E-state index is 0.0175. The number of nitrogens with one attached hydrogen (secondary N) is 7. The second-order valence-electron chi connectivity index (χ2n) is 17.9. The molecule has 0 saturated carbocycles. The van der Waals surface area contributed by atoms with Crippen LogP contribution >= 0.6 is 0 Å². The number of carboxylic acid groups (broad SMARTS) is 2. The number of likely N-dealkylation sites (tertiary alicyclic amines) is 2. The molecule has 29 nitrogen and oxygen atoms in total. The highest BCUT2D eigenvalue weighted by atomic mass is 16.4. The number of hydrogen-bond donors (Lipinski definition) is 14. The number of carboxylic acids is 2. The van der Waals surface area contributed by atoms with E-state index in [1.165, 1.54) is 11.8 Å². The lowest BCUT2D eigenvalue weighted by Crippen LogP contribution is -2.61. The molecule has 0 unspecified atom stereocenters. The molecule has 29 heteroatoms. The molecule has 0 aromatic rings. The largest absolute Gasteiger partial charge is 0.481 e. The molecule has 0 aromatic heterocycles. The fourth-order valence-electron chi connectivity index (χ4n) is 7.66. The van der Waals surface area contributed by atoms with Gasteiger partial charge in [0, 0.05) is 19.6 Å². The van der Waals surface area contributed by atoms with Crippen molar-refractivity contribution in [1.29, 1.82) is 0 Å². The first-order chi connectivity index (χ1) is 33.2. The number of nitrogens with two attached hydrogens (primary N) is 4. The summed E-state index contributed by atoms with van der Waals surface area (Å²) in [6.07, 6.45) is -0.320. The molecule has 0 aromatic carbocycles. The van der Waals surface area contributed by atoms with E-state index in [9.17, 15) is 67.7 Å². The minimum atomic E-state index is -1.69. The Balaban J connectivity index is 2.20. The molecule has 2 aliphatic rings. The van der Waals surface area contributed by atoms with E-state index < -0.39 is 163 Å². The molecule has 0 bridgehead atoms. The fourth-order valence-corrected chi connectivity index (χ4v) is 7.66. The van der Waals surface area contributed by atoms with Crippen molar-refractivity contribution in [3.63, 3.8) is 0 Å². The Morgan fingerprint density at radius 2 is 1.10 bits per heavy atom. The van der Waals surface area contributed by atoms with Crippen LogP contribution in [0.25, 0.3) is 0 Å². The Hall–Kier alpha value is -7.17. The zero-order valence-electron chi connectivity index (χ0n) is 40.4. The van der Waals surface area contributed by atoms with E-state index in [2.05, 4.69) is 36.9 Å². The summed E-state index contributed by atoms with van der Waals surface area (Å²) >= 11 is 0. The molecule has 398 valence electrons. The summed E-state index contributed by atoms with van der Waals surface area (Å²) in [5.41, 5.74) is 21.8. The van der Waals surface area contributed by atoms with Gasteiger partial charge in [-0.05, 0) is 57.3 Å². The predicted molar refractivity (Wildman–Crippen MR) is 248 cm³/mol. The van der Waals surface area contributed by atoms with Crippen molar-refractivity contribution < 1.29 is 72.9 Å². The highest BCUT2D eigenvalue weighted by Crippen LogP contribution is 2.23. The molecular formula is C42H70N14O15. The number of carbonyl (C=O) groups excluding carboxylic acids is 10. The molecule has 0 aliphatic carbocycles. The van der Waals surface area contributed by atoms with Gasteiger partial charge in [0.05, 0.1) is 25.5 Å². The van der Waals surface area contributed by atoms with Gasteiger partial charge in [-0.3, -0.25) is 62.5 Å². The molecule has 0 radical (unpaired) electrons. The van der Waals surface area contributed by atoms with Gasteiger partial charge < -0.3 is 85.3 Å². The van der Waals surface area contributed by atoms with Crippen LogP contribution in [0.4, 0.5) is 0 Å². The van der Waals surface area contributed by atoms with Crippen molar-refractivity contribution in [3.8, 4) is 0 Å². The normalized spacial score (nSPS) is 18.3. The highest BCUT2D eigenvalue weighted by molar-refractivity contribution is 5.99. The van der Waals surface area contributed by atoms with Crippen LogP contribution in [-0.4, -0.2) is 189 Å². The van der Waals surface area contributed by atoms with Gasteiger partial charge in [-0.15, -0.1) is 0 Å². The third kappa shape index (κ3) is 18.9. The van der Waals surface area contributed by atoms with Gasteiger partial charge in [-0.25, -0.2) is 0 Å². The molecule has 2 aliphatic heterocycles. The van der Waals surface area contributed by atoms with Crippen LogP contribution in [-0.2, 0) is 57.5 Å². The number of primary amides is 1. The number of hydrogen-bond acceptors (Lipinski definition) is 15. The summed E-state index contributed by atoms with van der Waals surface area (Å²) in [5.74, 6) is -12.9. The number of nitrogens with zero attached hydrogens (tertiary/aromatic N) is 3. The van der Waals surface area contributed by atoms with E-state index in [0.717, 1.165) is 4.90 Å². The summed E-state index contributed by atoms with van der Waals surface area (Å²) in [6.45, 7) is 6.04. The quantitative estimate of drug-likeness (QED) is 0.0197. The maximum Gasteiger partial charge on any atom is 0.322 e. The second-order valence-corrected chi connectivity index (χ2v) is 17.9. The van der Waals surface area contributed by atoms with Crippen molar-refractivity contribution >= 4 is 77.0 Å². The average molecular weight is 1010 g/mol. The van der Waals surface area contributed by atoms with Crippen molar-refractivity contribution in [2.24, 2.45) is 39.8 Å². The van der Waals surface area contributed by atoms with E-state index in [0.29, 0.717) is 12.8 Å². The summed E-state index contributed by atoms with van der Waals surface area (Å²) in [5, 5.41) is 45.0. The minimum Gasteiger partial charge on any atom is -0.481 e. The van der Waals surface area contributed by atoms with Crippen molar-refractivity contribution in [2.45, 2.75) is 140 Å². The second kappa shape index (κ2) is 28.5. The van der Waals surface area contributed by atoms with Crippen LogP contribution in [0.2, 0.25) is 0 Å². The van der Waals surface area contributed by atoms with E-state index >= 15 is 0 Å². The lowest BCUT2D eigenvalue weighted by Gasteiger charge is -2.32. The number of aliphatic hydroxyl groups excluding tert-OH is 1. The SMILES string of the molecule is CC(C)[C@H](NC(=O)[C@H](CO)NC(=O)[C@H](C)NC(=O)[C@H](CCCN=C(N)N)NC(=O)[C@@H]1CCCN1C(=O)[C@@H](NC(=O)[C@@H](N)CC(N)=O)C(C)C)C(=O)N1CCC[C@H]1C(=O)N[C@@H](CC(=O)O)C(=O)NCC(=O)O. The number of amides is 10. The highest BCUT2D eigenvalue weighted by Gasteiger charge is 2.42. The maximum atomic E-state index is 13.9. The van der Waals surface area contributed by atoms with E-state index in [4.69, 9.17) is 28.0 Å². The molecule has 0 spiro atoms. The van der Waals surface area contributed by atoms with Crippen molar-refractivity contribution in [3.05, 3.63) is 0 Å². The van der Waals surface area contributed by atoms with Gasteiger partial charge >= 0.3 is 11.9 Å². The van der Waals surface area contributed by atoms with E-state index in [1.807, 2.05) is 5.32 Å². The van der Waals surface area contributed by atoms with E-state index in [-0.39, 0.29) is 51.3 Å².